The first-order valence-corrected chi connectivity index (χ1v) is 8.74. The van der Waals surface area contributed by atoms with Crippen LogP contribution in [0, 0.1) is 17.8 Å². The van der Waals surface area contributed by atoms with Crippen molar-refractivity contribution in [2.45, 2.75) is 31.8 Å². The van der Waals surface area contributed by atoms with Gasteiger partial charge < -0.3 is 15.7 Å². The second kappa shape index (κ2) is 6.40. The third-order valence-corrected chi connectivity index (χ3v) is 5.75. The highest BCUT2D eigenvalue weighted by Crippen LogP contribution is 2.48. The third-order valence-electron chi connectivity index (χ3n) is 5.75. The van der Waals surface area contributed by atoms with E-state index in [1.807, 2.05) is 30.3 Å². The molecular weight excluding hydrogens is 302 g/mol. The van der Waals surface area contributed by atoms with Crippen molar-refractivity contribution in [3.05, 3.63) is 42.1 Å². The molecule has 0 saturated heterocycles. The lowest BCUT2D eigenvalue weighted by atomic mass is 9.85. The molecule has 3 N–H and O–H groups in total. The minimum atomic E-state index is -0.154. The number of hydrogen-bond donors (Lipinski definition) is 3. The van der Waals surface area contributed by atoms with Gasteiger partial charge >= 0.3 is 6.03 Å². The third kappa shape index (κ3) is 2.73. The Morgan fingerprint density at radius 3 is 2.92 bits per heavy atom. The number of urea groups is 1. The van der Waals surface area contributed by atoms with Gasteiger partial charge in [-0.25, -0.2) is 4.79 Å². The Bertz CT molecular complexity index is 743. The van der Waals surface area contributed by atoms with Gasteiger partial charge in [-0.05, 0) is 42.7 Å². The molecule has 1 heterocycles. The smallest absolute Gasteiger partial charge is 0.315 e. The van der Waals surface area contributed by atoms with Gasteiger partial charge in [-0.15, -0.1) is 0 Å². The Labute approximate surface area is 141 Å². The quantitative estimate of drug-likeness (QED) is 0.808. The summed E-state index contributed by atoms with van der Waals surface area (Å²) in [5, 5.41) is 16.7. The van der Waals surface area contributed by atoms with E-state index >= 15 is 0 Å². The zero-order valence-electron chi connectivity index (χ0n) is 13.6. The summed E-state index contributed by atoms with van der Waals surface area (Å²) in [4.78, 5) is 16.7. The number of nitrogens with zero attached hydrogens (tertiary/aromatic N) is 1. The fourth-order valence-electron chi connectivity index (χ4n) is 4.59. The van der Waals surface area contributed by atoms with E-state index < -0.39 is 0 Å². The molecule has 2 fully saturated rings. The predicted molar refractivity (Wildman–Crippen MR) is 92.3 cm³/mol. The summed E-state index contributed by atoms with van der Waals surface area (Å²) >= 11 is 0. The molecule has 0 aliphatic heterocycles. The van der Waals surface area contributed by atoms with Crippen LogP contribution in [0.4, 0.5) is 4.79 Å². The van der Waals surface area contributed by atoms with Crippen molar-refractivity contribution in [1.29, 1.82) is 0 Å². The van der Waals surface area contributed by atoms with Gasteiger partial charge in [-0.2, -0.15) is 0 Å². The first-order valence-electron chi connectivity index (χ1n) is 8.74. The van der Waals surface area contributed by atoms with Crippen molar-refractivity contribution in [1.82, 2.24) is 15.6 Å². The van der Waals surface area contributed by atoms with E-state index in [-0.39, 0.29) is 24.6 Å². The number of amides is 2. The number of carbonyl (C=O) groups is 1. The summed E-state index contributed by atoms with van der Waals surface area (Å²) in [5.41, 5.74) is 1.93. The van der Waals surface area contributed by atoms with Crippen LogP contribution in [0.25, 0.3) is 10.9 Å². The minimum Gasteiger partial charge on any atom is -0.396 e. The SMILES string of the molecule is O=C(NCc1cccc2cccnc12)NC1C2CCC(C2)C1CO. The standard InChI is InChI=1S/C19H23N3O2/c23-11-16-13-6-7-14(9-13)18(16)22-19(24)21-10-15-4-1-3-12-5-2-8-20-17(12)15/h1-5,8,13-14,16,18,23H,6-7,9-11H2,(H2,21,22,24). The van der Waals surface area contributed by atoms with Crippen LogP contribution in [0.5, 0.6) is 0 Å². The van der Waals surface area contributed by atoms with Gasteiger partial charge in [-0.1, -0.05) is 24.3 Å². The number of benzene rings is 1. The maximum atomic E-state index is 12.3. The largest absolute Gasteiger partial charge is 0.396 e. The van der Waals surface area contributed by atoms with Gasteiger partial charge in [0.25, 0.3) is 0 Å². The lowest BCUT2D eigenvalue weighted by Gasteiger charge is -2.30. The Morgan fingerprint density at radius 1 is 1.21 bits per heavy atom. The average Bonchev–Trinajstić information content (AvgIpc) is 3.21. The molecular formula is C19H23N3O2. The Kier molecular flexibility index (Phi) is 4.10. The lowest BCUT2D eigenvalue weighted by Crippen LogP contribution is -2.48. The molecule has 0 spiro atoms. The van der Waals surface area contributed by atoms with Gasteiger partial charge in [0.05, 0.1) is 5.52 Å². The molecule has 2 saturated carbocycles. The summed E-state index contributed by atoms with van der Waals surface area (Å²) < 4.78 is 0. The molecule has 5 nitrogen and oxygen atoms in total. The molecule has 2 aliphatic carbocycles. The van der Waals surface area contributed by atoms with Crippen LogP contribution in [0.3, 0.4) is 0 Å². The summed E-state index contributed by atoms with van der Waals surface area (Å²) in [5.74, 6) is 1.32. The topological polar surface area (TPSA) is 74.2 Å². The summed E-state index contributed by atoms with van der Waals surface area (Å²) in [6.45, 7) is 0.615. The van der Waals surface area contributed by atoms with Crippen LogP contribution in [-0.4, -0.2) is 28.8 Å². The van der Waals surface area contributed by atoms with Crippen molar-refractivity contribution in [2.75, 3.05) is 6.61 Å². The molecule has 4 unspecified atom stereocenters. The van der Waals surface area contributed by atoms with Crippen LogP contribution in [0.1, 0.15) is 24.8 Å². The number of carbonyl (C=O) groups excluding carboxylic acids is 1. The molecule has 1 aromatic heterocycles. The average molecular weight is 325 g/mol. The van der Waals surface area contributed by atoms with Crippen LogP contribution in [-0.2, 0) is 6.54 Å². The Morgan fingerprint density at radius 2 is 2.04 bits per heavy atom. The number of aromatic nitrogens is 1. The Hall–Kier alpha value is -2.14. The molecule has 0 radical (unpaired) electrons. The number of pyridine rings is 1. The second-order valence-corrected chi connectivity index (χ2v) is 7.02. The first kappa shape index (κ1) is 15.4. The van der Waals surface area contributed by atoms with Crippen LogP contribution in [0.2, 0.25) is 0 Å². The molecule has 2 bridgehead atoms. The Balaban J connectivity index is 1.40. The number of rotatable bonds is 4. The number of hydrogen-bond acceptors (Lipinski definition) is 3. The fourth-order valence-corrected chi connectivity index (χ4v) is 4.59. The van der Waals surface area contributed by atoms with E-state index in [4.69, 9.17) is 0 Å². The highest BCUT2D eigenvalue weighted by molar-refractivity contribution is 5.82. The maximum absolute atomic E-state index is 12.3. The van der Waals surface area contributed by atoms with Gasteiger partial charge in [0.15, 0.2) is 0 Å². The van der Waals surface area contributed by atoms with E-state index in [1.165, 1.54) is 12.8 Å². The molecule has 126 valence electrons. The molecule has 24 heavy (non-hydrogen) atoms. The van der Waals surface area contributed by atoms with Crippen LogP contribution < -0.4 is 10.6 Å². The van der Waals surface area contributed by atoms with Crippen molar-refractivity contribution in [3.8, 4) is 0 Å². The summed E-state index contributed by atoms with van der Waals surface area (Å²) in [6.07, 6.45) is 5.27. The molecule has 4 atom stereocenters. The van der Waals surface area contributed by atoms with Gasteiger partial charge in [0, 0.05) is 36.7 Å². The van der Waals surface area contributed by atoms with E-state index in [1.54, 1.807) is 6.20 Å². The van der Waals surface area contributed by atoms with E-state index in [0.717, 1.165) is 22.9 Å². The van der Waals surface area contributed by atoms with Gasteiger partial charge in [-0.3, -0.25) is 4.98 Å². The minimum absolute atomic E-state index is 0.111. The van der Waals surface area contributed by atoms with Crippen molar-refractivity contribution >= 4 is 16.9 Å². The first-order chi connectivity index (χ1) is 11.8. The highest BCUT2D eigenvalue weighted by atomic mass is 16.3. The van der Waals surface area contributed by atoms with E-state index in [2.05, 4.69) is 15.6 Å². The molecule has 1 aromatic carbocycles. The van der Waals surface area contributed by atoms with Crippen LogP contribution in [0.15, 0.2) is 36.5 Å². The van der Waals surface area contributed by atoms with E-state index in [0.29, 0.717) is 18.4 Å². The van der Waals surface area contributed by atoms with Crippen molar-refractivity contribution in [2.24, 2.45) is 17.8 Å². The molecule has 4 rings (SSSR count). The van der Waals surface area contributed by atoms with Gasteiger partial charge in [0.1, 0.15) is 0 Å². The second-order valence-electron chi connectivity index (χ2n) is 7.02. The molecule has 2 aromatic rings. The fraction of sp³-hybridized carbons (Fsp3) is 0.474. The summed E-state index contributed by atoms with van der Waals surface area (Å²) in [7, 11) is 0. The molecule has 2 amide bonds. The zero-order valence-corrected chi connectivity index (χ0v) is 13.6. The van der Waals surface area contributed by atoms with Gasteiger partial charge in [0.2, 0.25) is 0 Å². The van der Waals surface area contributed by atoms with Crippen molar-refractivity contribution < 1.29 is 9.90 Å². The number of nitrogens with one attached hydrogen (secondary N) is 2. The normalized spacial score (nSPS) is 28.2. The molecule has 2 aliphatic rings. The summed E-state index contributed by atoms with van der Waals surface area (Å²) in [6, 6.07) is 9.88. The number of aliphatic hydroxyl groups excluding tert-OH is 1. The number of aliphatic hydroxyl groups is 1. The number of fused-ring (bicyclic) bond motifs is 3. The monoisotopic (exact) mass is 325 g/mol. The predicted octanol–water partition coefficient (Wildman–Crippen LogP) is 2.44. The van der Waals surface area contributed by atoms with Crippen molar-refractivity contribution in [3.63, 3.8) is 0 Å². The van der Waals surface area contributed by atoms with E-state index in [9.17, 15) is 9.90 Å². The van der Waals surface area contributed by atoms with Crippen LogP contribution >= 0.6 is 0 Å². The molecule has 5 heteroatoms. The number of para-hydroxylation sites is 1. The maximum Gasteiger partial charge on any atom is 0.315 e. The lowest BCUT2D eigenvalue weighted by molar-refractivity contribution is 0.144. The zero-order chi connectivity index (χ0) is 16.5. The highest BCUT2D eigenvalue weighted by Gasteiger charge is 2.47.